The average Bonchev–Trinajstić information content (AvgIpc) is 2.29. The second-order valence-electron chi connectivity index (χ2n) is 3.90. The lowest BCUT2D eigenvalue weighted by Crippen LogP contribution is -2.19. The SMILES string of the molecule is Cc1ccc(C(=O)O)cc1NS(=O)(=O)CCC(=O)O. The number of anilines is 1. The number of carbonyl (C=O) groups is 2. The van der Waals surface area contributed by atoms with Gasteiger partial charge in [0.1, 0.15) is 0 Å². The molecule has 0 aromatic heterocycles. The summed E-state index contributed by atoms with van der Waals surface area (Å²) < 4.78 is 25.4. The van der Waals surface area contributed by atoms with Crippen LogP contribution in [0.15, 0.2) is 18.2 Å². The van der Waals surface area contributed by atoms with Crippen molar-refractivity contribution >= 4 is 27.6 Å². The Morgan fingerprint density at radius 1 is 1.26 bits per heavy atom. The summed E-state index contributed by atoms with van der Waals surface area (Å²) in [4.78, 5) is 21.1. The summed E-state index contributed by atoms with van der Waals surface area (Å²) in [7, 11) is -3.82. The highest BCUT2D eigenvalue weighted by Gasteiger charge is 2.15. The Labute approximate surface area is 109 Å². The first-order valence-electron chi connectivity index (χ1n) is 5.27. The van der Waals surface area contributed by atoms with Crippen molar-refractivity contribution in [2.45, 2.75) is 13.3 Å². The Hall–Kier alpha value is -2.09. The molecule has 0 bridgehead atoms. The fraction of sp³-hybridized carbons (Fsp3) is 0.273. The van der Waals surface area contributed by atoms with E-state index in [1.165, 1.54) is 18.2 Å². The molecule has 1 aromatic rings. The maximum absolute atomic E-state index is 11.6. The third-order valence-corrected chi connectivity index (χ3v) is 3.61. The monoisotopic (exact) mass is 287 g/mol. The number of nitrogens with one attached hydrogen (secondary N) is 1. The topological polar surface area (TPSA) is 121 Å². The lowest BCUT2D eigenvalue weighted by atomic mass is 10.1. The quantitative estimate of drug-likeness (QED) is 0.715. The van der Waals surface area contributed by atoms with Gasteiger partial charge in [-0.2, -0.15) is 0 Å². The normalized spacial score (nSPS) is 11.0. The van der Waals surface area contributed by atoms with E-state index in [0.717, 1.165) is 0 Å². The van der Waals surface area contributed by atoms with E-state index in [2.05, 4.69) is 4.72 Å². The molecule has 0 atom stereocenters. The molecule has 0 aliphatic carbocycles. The summed E-state index contributed by atoms with van der Waals surface area (Å²) in [5.41, 5.74) is 0.621. The van der Waals surface area contributed by atoms with Crippen molar-refractivity contribution in [3.63, 3.8) is 0 Å². The molecule has 0 fully saturated rings. The van der Waals surface area contributed by atoms with E-state index in [4.69, 9.17) is 10.2 Å². The van der Waals surface area contributed by atoms with Crippen LogP contribution in [0.3, 0.4) is 0 Å². The third-order valence-electron chi connectivity index (χ3n) is 2.33. The third kappa shape index (κ3) is 4.59. The highest BCUT2D eigenvalue weighted by molar-refractivity contribution is 7.92. The van der Waals surface area contributed by atoms with E-state index in [1.54, 1.807) is 6.92 Å². The molecule has 1 aromatic carbocycles. The van der Waals surface area contributed by atoms with E-state index in [9.17, 15) is 18.0 Å². The molecule has 0 radical (unpaired) electrons. The minimum absolute atomic E-state index is 0.0541. The summed E-state index contributed by atoms with van der Waals surface area (Å²) in [6.07, 6.45) is -0.521. The van der Waals surface area contributed by atoms with Gasteiger partial charge in [0.2, 0.25) is 10.0 Å². The van der Waals surface area contributed by atoms with Crippen molar-refractivity contribution in [1.29, 1.82) is 0 Å². The first-order valence-corrected chi connectivity index (χ1v) is 6.93. The van der Waals surface area contributed by atoms with Crippen molar-refractivity contribution < 1.29 is 28.2 Å². The van der Waals surface area contributed by atoms with Gasteiger partial charge < -0.3 is 10.2 Å². The molecule has 0 aliphatic rings. The largest absolute Gasteiger partial charge is 0.481 e. The molecular formula is C11H13NO6S. The van der Waals surface area contributed by atoms with Crippen molar-refractivity contribution in [2.75, 3.05) is 10.5 Å². The molecular weight excluding hydrogens is 274 g/mol. The molecule has 0 saturated heterocycles. The molecule has 3 N–H and O–H groups in total. The van der Waals surface area contributed by atoms with E-state index in [0.29, 0.717) is 5.56 Å². The Balaban J connectivity index is 2.95. The fourth-order valence-electron chi connectivity index (χ4n) is 1.31. The summed E-state index contributed by atoms with van der Waals surface area (Å²) in [5.74, 6) is -2.97. The molecule has 0 spiro atoms. The molecule has 8 heteroatoms. The highest BCUT2D eigenvalue weighted by Crippen LogP contribution is 2.18. The summed E-state index contributed by atoms with van der Waals surface area (Å²) >= 11 is 0. The first-order chi connectivity index (χ1) is 8.71. The van der Waals surface area contributed by atoms with E-state index in [1.807, 2.05) is 0 Å². The van der Waals surface area contributed by atoms with Crippen LogP contribution in [-0.2, 0) is 14.8 Å². The van der Waals surface area contributed by atoms with Gasteiger partial charge in [0.05, 0.1) is 23.4 Å². The summed E-state index contributed by atoms with van der Waals surface area (Å²) in [5, 5.41) is 17.3. The van der Waals surface area contributed by atoms with Crippen LogP contribution < -0.4 is 4.72 Å². The van der Waals surface area contributed by atoms with Gasteiger partial charge in [0.15, 0.2) is 0 Å². The second-order valence-corrected chi connectivity index (χ2v) is 5.74. The maximum Gasteiger partial charge on any atom is 0.335 e. The van der Waals surface area contributed by atoms with Gasteiger partial charge in [-0.15, -0.1) is 0 Å². The van der Waals surface area contributed by atoms with Crippen LogP contribution in [-0.4, -0.2) is 36.3 Å². The minimum atomic E-state index is -3.82. The van der Waals surface area contributed by atoms with Gasteiger partial charge in [0.25, 0.3) is 0 Å². The average molecular weight is 287 g/mol. The second kappa shape index (κ2) is 5.70. The lowest BCUT2D eigenvalue weighted by Gasteiger charge is -2.10. The predicted octanol–water partition coefficient (Wildman–Crippen LogP) is 0.910. The molecule has 0 aliphatic heterocycles. The number of benzene rings is 1. The molecule has 0 saturated carbocycles. The number of aryl methyl sites for hydroxylation is 1. The van der Waals surface area contributed by atoms with Crippen molar-refractivity contribution in [1.82, 2.24) is 0 Å². The Morgan fingerprint density at radius 2 is 1.89 bits per heavy atom. The Kier molecular flexibility index (Phi) is 4.49. The molecule has 7 nitrogen and oxygen atoms in total. The Bertz CT molecular complexity index is 608. The van der Waals surface area contributed by atoms with Gasteiger partial charge in [0, 0.05) is 0 Å². The van der Waals surface area contributed by atoms with Crippen LogP contribution >= 0.6 is 0 Å². The van der Waals surface area contributed by atoms with Crippen LogP contribution in [0.1, 0.15) is 22.3 Å². The maximum atomic E-state index is 11.6. The molecule has 1 rings (SSSR count). The van der Waals surface area contributed by atoms with Crippen LogP contribution in [0, 0.1) is 6.92 Å². The number of hydrogen-bond acceptors (Lipinski definition) is 4. The first kappa shape index (κ1) is 15.0. The van der Waals surface area contributed by atoms with Gasteiger partial charge in [-0.1, -0.05) is 6.07 Å². The predicted molar refractivity (Wildman–Crippen MR) is 67.8 cm³/mol. The van der Waals surface area contributed by atoms with Crippen LogP contribution in [0.25, 0.3) is 0 Å². The van der Waals surface area contributed by atoms with Gasteiger partial charge in [-0.25, -0.2) is 13.2 Å². The lowest BCUT2D eigenvalue weighted by molar-refractivity contribution is -0.136. The minimum Gasteiger partial charge on any atom is -0.481 e. The highest BCUT2D eigenvalue weighted by atomic mass is 32.2. The summed E-state index contributed by atoms with van der Waals surface area (Å²) in [6, 6.07) is 4.02. The molecule has 19 heavy (non-hydrogen) atoms. The van der Waals surface area contributed by atoms with Crippen molar-refractivity contribution in [2.24, 2.45) is 0 Å². The molecule has 0 heterocycles. The smallest absolute Gasteiger partial charge is 0.335 e. The van der Waals surface area contributed by atoms with Crippen LogP contribution in [0.2, 0.25) is 0 Å². The standard InChI is InChI=1S/C11H13NO6S/c1-7-2-3-8(11(15)16)6-9(7)12-19(17,18)5-4-10(13)14/h2-3,6,12H,4-5H2,1H3,(H,13,14)(H,15,16). The van der Waals surface area contributed by atoms with Gasteiger partial charge in [-0.3, -0.25) is 9.52 Å². The zero-order valence-corrected chi connectivity index (χ0v) is 10.9. The van der Waals surface area contributed by atoms with Crippen molar-refractivity contribution in [3.8, 4) is 0 Å². The number of carboxylic acid groups (broad SMARTS) is 2. The number of aliphatic carboxylic acids is 1. The fourth-order valence-corrected chi connectivity index (χ4v) is 2.41. The zero-order chi connectivity index (χ0) is 14.6. The number of sulfonamides is 1. The summed E-state index contributed by atoms with van der Waals surface area (Å²) in [6.45, 7) is 1.61. The van der Waals surface area contributed by atoms with Crippen LogP contribution in [0.5, 0.6) is 0 Å². The number of carboxylic acids is 2. The number of hydrogen-bond donors (Lipinski definition) is 3. The van der Waals surface area contributed by atoms with E-state index < -0.39 is 34.1 Å². The number of rotatable bonds is 6. The Morgan fingerprint density at radius 3 is 2.42 bits per heavy atom. The van der Waals surface area contributed by atoms with Crippen LogP contribution in [0.4, 0.5) is 5.69 Å². The van der Waals surface area contributed by atoms with E-state index in [-0.39, 0.29) is 11.3 Å². The van der Waals surface area contributed by atoms with Crippen molar-refractivity contribution in [3.05, 3.63) is 29.3 Å². The number of aromatic carboxylic acids is 1. The van der Waals surface area contributed by atoms with E-state index >= 15 is 0 Å². The molecule has 0 amide bonds. The molecule has 0 unspecified atom stereocenters. The molecule has 104 valence electrons. The van der Waals surface area contributed by atoms with Gasteiger partial charge in [-0.05, 0) is 24.6 Å². The van der Waals surface area contributed by atoms with Gasteiger partial charge >= 0.3 is 11.9 Å². The zero-order valence-electron chi connectivity index (χ0n) is 10.1.